The van der Waals surface area contributed by atoms with Gasteiger partial charge >= 0.3 is 0 Å². The highest BCUT2D eigenvalue weighted by Crippen LogP contribution is 2.31. The zero-order chi connectivity index (χ0) is 15.7. The number of nitrogens with two attached hydrogens (primary N) is 1. The number of rotatable bonds is 4. The second kappa shape index (κ2) is 5.82. The molecular weight excluding hydrogens is 333 g/mol. The van der Waals surface area contributed by atoms with E-state index in [0.29, 0.717) is 15.8 Å². The van der Waals surface area contributed by atoms with Gasteiger partial charge in [-0.2, -0.15) is 4.98 Å². The predicted molar refractivity (Wildman–Crippen MR) is 77.5 cm³/mol. The standard InChI is InChI=1S/C12H9Cl2N5O3/c1-5(20-8-3-2-6(13)4-7(8)14)12-16-11(19-21-12)9-10(15)18-22-17-9/h2-5H,1H3,(H2,15,18)/t5-/m1/s1. The Morgan fingerprint density at radius 2 is 2.05 bits per heavy atom. The largest absolute Gasteiger partial charge is 0.479 e. The van der Waals surface area contributed by atoms with Gasteiger partial charge in [0.05, 0.1) is 5.02 Å². The molecule has 0 bridgehead atoms. The SMILES string of the molecule is C[C@@H](Oc1ccc(Cl)cc1Cl)c1nc(-c2nonc2N)no1. The van der Waals surface area contributed by atoms with Crippen molar-refractivity contribution >= 4 is 29.0 Å². The van der Waals surface area contributed by atoms with E-state index in [1.54, 1.807) is 25.1 Å². The molecule has 0 aliphatic heterocycles. The number of hydrogen-bond acceptors (Lipinski definition) is 8. The molecule has 3 rings (SSSR count). The minimum atomic E-state index is -0.541. The molecule has 0 saturated heterocycles. The van der Waals surface area contributed by atoms with Gasteiger partial charge in [0, 0.05) is 5.02 Å². The van der Waals surface area contributed by atoms with Crippen molar-refractivity contribution in [1.29, 1.82) is 0 Å². The van der Waals surface area contributed by atoms with E-state index < -0.39 is 6.10 Å². The van der Waals surface area contributed by atoms with Crippen molar-refractivity contribution < 1.29 is 13.9 Å². The van der Waals surface area contributed by atoms with Gasteiger partial charge in [0.25, 0.3) is 5.89 Å². The van der Waals surface area contributed by atoms with Crippen molar-refractivity contribution in [2.75, 3.05) is 5.73 Å². The monoisotopic (exact) mass is 341 g/mol. The van der Waals surface area contributed by atoms with E-state index in [2.05, 4.69) is 25.1 Å². The summed E-state index contributed by atoms with van der Waals surface area (Å²) < 4.78 is 15.3. The molecule has 0 aliphatic carbocycles. The first-order valence-electron chi connectivity index (χ1n) is 6.08. The van der Waals surface area contributed by atoms with Crippen LogP contribution in [0.4, 0.5) is 5.82 Å². The van der Waals surface area contributed by atoms with Crippen LogP contribution >= 0.6 is 23.2 Å². The Kier molecular flexibility index (Phi) is 3.86. The molecular formula is C12H9Cl2N5O3. The van der Waals surface area contributed by atoms with Gasteiger partial charge in [-0.15, -0.1) is 0 Å². The fourth-order valence-electron chi connectivity index (χ4n) is 1.66. The van der Waals surface area contributed by atoms with E-state index >= 15 is 0 Å². The number of anilines is 1. The molecule has 2 N–H and O–H groups in total. The molecule has 0 radical (unpaired) electrons. The lowest BCUT2D eigenvalue weighted by atomic mass is 10.3. The third-order valence-corrected chi connectivity index (χ3v) is 3.24. The smallest absolute Gasteiger partial charge is 0.267 e. The molecule has 2 heterocycles. The summed E-state index contributed by atoms with van der Waals surface area (Å²) in [6.45, 7) is 1.73. The van der Waals surface area contributed by atoms with E-state index in [-0.39, 0.29) is 23.2 Å². The number of nitrogen functional groups attached to an aromatic ring is 1. The molecule has 1 atom stereocenters. The Balaban J connectivity index is 1.80. The van der Waals surface area contributed by atoms with Crippen LogP contribution in [0.2, 0.25) is 10.0 Å². The summed E-state index contributed by atoms with van der Waals surface area (Å²) in [5, 5.41) is 11.7. The minimum absolute atomic E-state index is 0.0710. The minimum Gasteiger partial charge on any atom is -0.479 e. The second-order valence-electron chi connectivity index (χ2n) is 4.29. The normalized spacial score (nSPS) is 12.3. The zero-order valence-corrected chi connectivity index (χ0v) is 12.7. The Morgan fingerprint density at radius 3 is 2.73 bits per heavy atom. The van der Waals surface area contributed by atoms with E-state index in [0.717, 1.165) is 0 Å². The molecule has 8 nitrogen and oxygen atoms in total. The Bertz CT molecular complexity index is 804. The number of hydrogen-bond donors (Lipinski definition) is 1. The quantitative estimate of drug-likeness (QED) is 0.769. The van der Waals surface area contributed by atoms with Crippen molar-refractivity contribution in [3.8, 4) is 17.3 Å². The average molecular weight is 342 g/mol. The van der Waals surface area contributed by atoms with Crippen molar-refractivity contribution in [3.63, 3.8) is 0 Å². The predicted octanol–water partition coefficient (Wildman–Crippen LogP) is 3.15. The Labute approximate surface area is 134 Å². The number of aromatic nitrogens is 4. The molecule has 3 aromatic rings. The maximum atomic E-state index is 6.04. The van der Waals surface area contributed by atoms with Crippen molar-refractivity contribution in [2.45, 2.75) is 13.0 Å². The van der Waals surface area contributed by atoms with Gasteiger partial charge in [-0.25, -0.2) is 4.63 Å². The fraction of sp³-hybridized carbons (Fsp3) is 0.167. The maximum Gasteiger partial charge on any atom is 0.267 e. The van der Waals surface area contributed by atoms with E-state index in [1.807, 2.05) is 0 Å². The van der Waals surface area contributed by atoms with Crippen LogP contribution in [0, 0.1) is 0 Å². The number of halogens is 2. The topological polar surface area (TPSA) is 113 Å². The maximum absolute atomic E-state index is 6.04. The molecule has 0 spiro atoms. The lowest BCUT2D eigenvalue weighted by Crippen LogP contribution is -2.04. The second-order valence-corrected chi connectivity index (χ2v) is 5.13. The molecule has 1 aromatic carbocycles. The number of benzene rings is 1. The summed E-state index contributed by atoms with van der Waals surface area (Å²) in [6, 6.07) is 4.89. The summed E-state index contributed by atoms with van der Waals surface area (Å²) in [7, 11) is 0. The summed E-state index contributed by atoms with van der Waals surface area (Å²) in [5.41, 5.74) is 5.77. The lowest BCUT2D eigenvalue weighted by molar-refractivity contribution is 0.176. The van der Waals surface area contributed by atoms with Crippen molar-refractivity contribution in [1.82, 2.24) is 20.5 Å². The molecule has 114 valence electrons. The van der Waals surface area contributed by atoms with Crippen LogP contribution in [-0.4, -0.2) is 20.5 Å². The van der Waals surface area contributed by atoms with E-state index in [9.17, 15) is 0 Å². The lowest BCUT2D eigenvalue weighted by Gasteiger charge is -2.12. The van der Waals surface area contributed by atoms with Gasteiger partial charge in [-0.1, -0.05) is 28.4 Å². The first kappa shape index (κ1) is 14.6. The molecule has 2 aromatic heterocycles. The van der Waals surface area contributed by atoms with Gasteiger partial charge in [-0.3, -0.25) is 0 Å². The Hall–Kier alpha value is -2.32. The van der Waals surface area contributed by atoms with Crippen LogP contribution in [0.15, 0.2) is 27.4 Å². The number of nitrogens with zero attached hydrogens (tertiary/aromatic N) is 4. The van der Waals surface area contributed by atoms with E-state index in [1.165, 1.54) is 0 Å². The Morgan fingerprint density at radius 1 is 1.23 bits per heavy atom. The summed E-state index contributed by atoms with van der Waals surface area (Å²) >= 11 is 11.9. The highest BCUT2D eigenvalue weighted by molar-refractivity contribution is 6.35. The van der Waals surface area contributed by atoms with Crippen molar-refractivity contribution in [2.24, 2.45) is 0 Å². The molecule has 0 fully saturated rings. The first-order chi connectivity index (χ1) is 10.5. The third-order valence-electron chi connectivity index (χ3n) is 2.71. The first-order valence-corrected chi connectivity index (χ1v) is 6.84. The van der Waals surface area contributed by atoms with Crippen LogP contribution < -0.4 is 10.5 Å². The van der Waals surface area contributed by atoms with Crippen molar-refractivity contribution in [3.05, 3.63) is 34.1 Å². The van der Waals surface area contributed by atoms with Gasteiger partial charge in [-0.05, 0) is 35.4 Å². The number of ether oxygens (including phenoxy) is 1. The van der Waals surface area contributed by atoms with Gasteiger partial charge < -0.3 is 15.0 Å². The van der Waals surface area contributed by atoms with Crippen LogP contribution in [-0.2, 0) is 0 Å². The van der Waals surface area contributed by atoms with E-state index in [4.69, 9.17) is 38.2 Å². The molecule has 0 amide bonds. The van der Waals surface area contributed by atoms with Crippen LogP contribution in [0.1, 0.15) is 18.9 Å². The highest BCUT2D eigenvalue weighted by Gasteiger charge is 2.21. The molecule has 0 saturated carbocycles. The molecule has 0 aliphatic rings. The summed E-state index contributed by atoms with van der Waals surface area (Å²) in [4.78, 5) is 4.14. The fourth-order valence-corrected chi connectivity index (χ4v) is 2.11. The van der Waals surface area contributed by atoms with Gasteiger partial charge in [0.2, 0.25) is 5.82 Å². The molecule has 22 heavy (non-hydrogen) atoms. The van der Waals surface area contributed by atoms with Crippen LogP contribution in [0.5, 0.6) is 5.75 Å². The van der Waals surface area contributed by atoms with Crippen LogP contribution in [0.3, 0.4) is 0 Å². The molecule has 10 heteroatoms. The average Bonchev–Trinajstić information content (AvgIpc) is 3.10. The van der Waals surface area contributed by atoms with Gasteiger partial charge in [0.15, 0.2) is 17.6 Å². The van der Waals surface area contributed by atoms with Gasteiger partial charge in [0.1, 0.15) is 5.75 Å². The third kappa shape index (κ3) is 2.83. The molecule has 0 unspecified atom stereocenters. The summed E-state index contributed by atoms with van der Waals surface area (Å²) in [5.74, 6) is 0.900. The highest BCUT2D eigenvalue weighted by atomic mass is 35.5. The summed E-state index contributed by atoms with van der Waals surface area (Å²) in [6.07, 6.45) is -0.541. The zero-order valence-electron chi connectivity index (χ0n) is 11.2. The van der Waals surface area contributed by atoms with Crippen LogP contribution in [0.25, 0.3) is 11.5 Å².